The van der Waals surface area contributed by atoms with E-state index >= 15 is 0 Å². The minimum atomic E-state index is 0.573. The molecule has 6 heteroatoms. The van der Waals surface area contributed by atoms with Crippen LogP contribution in [0.25, 0.3) is 99.7 Å². The summed E-state index contributed by atoms with van der Waals surface area (Å²) in [6, 6.07) is 54.9. The summed E-state index contributed by atoms with van der Waals surface area (Å²) in [7, 11) is 0. The van der Waals surface area contributed by atoms with Gasteiger partial charge in [0.05, 0.1) is 27.6 Å². The van der Waals surface area contributed by atoms with Crippen molar-refractivity contribution in [3.05, 3.63) is 158 Å². The van der Waals surface area contributed by atoms with Gasteiger partial charge < -0.3 is 0 Å². The van der Waals surface area contributed by atoms with Gasteiger partial charge in [-0.2, -0.15) is 9.97 Å². The van der Waals surface area contributed by atoms with Crippen LogP contribution >= 0.6 is 0 Å². The van der Waals surface area contributed by atoms with Crippen LogP contribution in [0, 0.1) is 0 Å². The van der Waals surface area contributed by atoms with Crippen LogP contribution in [0.15, 0.2) is 158 Å². The van der Waals surface area contributed by atoms with Gasteiger partial charge in [0.25, 0.3) is 0 Å². The lowest BCUT2D eigenvalue weighted by Crippen LogP contribution is -2.06. The van der Waals surface area contributed by atoms with Crippen LogP contribution in [0.4, 0.5) is 0 Å². The number of fused-ring (bicyclic) bond motifs is 14. The molecular weight excluding hydrogens is 613 g/mol. The predicted octanol–water partition coefficient (Wildman–Crippen LogP) is 10.6. The monoisotopic (exact) mass is 638 g/mol. The maximum absolute atomic E-state index is 5.40. The second-order valence-corrected chi connectivity index (χ2v) is 12.7. The highest BCUT2D eigenvalue weighted by Gasteiger charge is 2.21. The van der Waals surface area contributed by atoms with E-state index in [4.69, 9.17) is 19.9 Å². The molecule has 0 fully saturated rings. The lowest BCUT2D eigenvalue weighted by atomic mass is 10.0. The largest absolute Gasteiger partial charge is 0.292 e. The highest BCUT2D eigenvalue weighted by molar-refractivity contribution is 6.23. The van der Waals surface area contributed by atoms with E-state index in [1.54, 1.807) is 0 Å². The van der Waals surface area contributed by atoms with Crippen molar-refractivity contribution in [1.82, 2.24) is 28.9 Å². The highest BCUT2D eigenvalue weighted by Crippen LogP contribution is 2.40. The van der Waals surface area contributed by atoms with E-state index in [9.17, 15) is 0 Å². The quantitative estimate of drug-likeness (QED) is 0.181. The first-order valence-electron chi connectivity index (χ1n) is 16.8. The zero-order chi connectivity index (χ0) is 32.8. The fourth-order valence-corrected chi connectivity index (χ4v) is 7.74. The van der Waals surface area contributed by atoms with E-state index < -0.39 is 0 Å². The Balaban J connectivity index is 1.28. The van der Waals surface area contributed by atoms with E-state index in [1.165, 1.54) is 10.8 Å². The summed E-state index contributed by atoms with van der Waals surface area (Å²) in [4.78, 5) is 20.7. The zero-order valence-electron chi connectivity index (χ0n) is 26.7. The van der Waals surface area contributed by atoms with E-state index in [0.717, 1.165) is 71.3 Å². The van der Waals surface area contributed by atoms with Gasteiger partial charge in [0.15, 0.2) is 11.6 Å². The molecule has 0 aliphatic rings. The average molecular weight is 639 g/mol. The van der Waals surface area contributed by atoms with Crippen LogP contribution in [0.3, 0.4) is 0 Å². The molecule has 0 atom stereocenters. The summed E-state index contributed by atoms with van der Waals surface area (Å²) in [6.07, 6.45) is 0. The number of imidazole rings is 1. The van der Waals surface area contributed by atoms with Crippen LogP contribution in [-0.4, -0.2) is 28.9 Å². The molecule has 0 N–H and O–H groups in total. The Morgan fingerprint density at radius 2 is 0.860 bits per heavy atom. The van der Waals surface area contributed by atoms with Gasteiger partial charge in [-0.1, -0.05) is 140 Å². The molecule has 232 valence electrons. The summed E-state index contributed by atoms with van der Waals surface area (Å²) in [6.45, 7) is 0. The molecule has 11 rings (SSSR count). The Kier molecular flexibility index (Phi) is 5.57. The SMILES string of the molecule is c1ccc(-c2nc(-c3ccccc3)nc(-n3c4ccccc4c4ccc5c(ccc6c5nc5c7ccccc7c7ccccc7n65)c43)n2)cc1. The number of aromatic nitrogens is 6. The summed E-state index contributed by atoms with van der Waals surface area (Å²) >= 11 is 0. The van der Waals surface area contributed by atoms with Gasteiger partial charge in [0, 0.05) is 43.4 Å². The molecule has 0 saturated carbocycles. The molecule has 50 heavy (non-hydrogen) atoms. The first kappa shape index (κ1) is 27.1. The van der Waals surface area contributed by atoms with Crippen molar-refractivity contribution in [3.8, 4) is 28.7 Å². The summed E-state index contributed by atoms with van der Waals surface area (Å²) in [5.74, 6) is 1.83. The molecule has 0 bridgehead atoms. The van der Waals surface area contributed by atoms with Crippen LogP contribution in [0.1, 0.15) is 0 Å². The molecule has 0 spiro atoms. The van der Waals surface area contributed by atoms with Gasteiger partial charge in [0.1, 0.15) is 5.65 Å². The van der Waals surface area contributed by atoms with Crippen LogP contribution < -0.4 is 0 Å². The average Bonchev–Trinajstić information content (AvgIpc) is 3.76. The number of pyridine rings is 1. The number of benzene rings is 7. The first-order valence-corrected chi connectivity index (χ1v) is 16.8. The van der Waals surface area contributed by atoms with Crippen LogP contribution in [0.2, 0.25) is 0 Å². The van der Waals surface area contributed by atoms with Crippen molar-refractivity contribution in [1.29, 1.82) is 0 Å². The molecular formula is C44H26N6. The molecule has 7 aromatic carbocycles. The first-order chi connectivity index (χ1) is 24.8. The molecule has 0 aliphatic carbocycles. The maximum Gasteiger partial charge on any atom is 0.238 e. The normalized spacial score (nSPS) is 12.0. The summed E-state index contributed by atoms with van der Waals surface area (Å²) in [5.41, 5.74) is 8.09. The van der Waals surface area contributed by atoms with Gasteiger partial charge >= 0.3 is 0 Å². The molecule has 0 unspecified atom stereocenters. The van der Waals surface area contributed by atoms with Gasteiger partial charge in [-0.05, 0) is 23.6 Å². The van der Waals surface area contributed by atoms with Gasteiger partial charge in [-0.25, -0.2) is 9.97 Å². The van der Waals surface area contributed by atoms with Crippen molar-refractivity contribution in [2.24, 2.45) is 0 Å². The topological polar surface area (TPSA) is 60.9 Å². The molecule has 11 aromatic rings. The molecule has 0 amide bonds. The van der Waals surface area contributed by atoms with Crippen molar-refractivity contribution in [2.75, 3.05) is 0 Å². The molecule has 0 aliphatic heterocycles. The lowest BCUT2D eigenvalue weighted by Gasteiger charge is -2.12. The predicted molar refractivity (Wildman–Crippen MR) is 204 cm³/mol. The van der Waals surface area contributed by atoms with Gasteiger partial charge in [-0.15, -0.1) is 0 Å². The standard InChI is InChI=1S/C44H26N6/c1-3-13-27(14-4-1)41-46-42(28-15-5-2-6-16-28)48-44(47-41)50-37-22-12-10-19-31(37)33-24-23-32-34(40(33)50)25-26-38-39(32)45-43-35-20-8-7-17-29(35)30-18-9-11-21-36(30)49(38)43/h1-26H. The van der Waals surface area contributed by atoms with Gasteiger partial charge in [-0.3, -0.25) is 8.97 Å². The Labute approximate surface area is 285 Å². The summed E-state index contributed by atoms with van der Waals surface area (Å²) in [5, 5.41) is 8.00. The number of hydrogen-bond donors (Lipinski definition) is 0. The van der Waals surface area contributed by atoms with Crippen molar-refractivity contribution in [3.63, 3.8) is 0 Å². The Morgan fingerprint density at radius 1 is 0.340 bits per heavy atom. The number of hydrogen-bond acceptors (Lipinski definition) is 4. The smallest absolute Gasteiger partial charge is 0.238 e. The second kappa shape index (κ2) is 10.3. The highest BCUT2D eigenvalue weighted by atomic mass is 15.2. The van der Waals surface area contributed by atoms with Crippen LogP contribution in [-0.2, 0) is 0 Å². The number of nitrogens with zero attached hydrogens (tertiary/aromatic N) is 6. The van der Waals surface area contributed by atoms with Crippen molar-refractivity contribution >= 4 is 70.9 Å². The van der Waals surface area contributed by atoms with Crippen LogP contribution in [0.5, 0.6) is 0 Å². The number of para-hydroxylation sites is 2. The third-order valence-corrected chi connectivity index (χ3v) is 9.94. The Morgan fingerprint density at radius 3 is 1.56 bits per heavy atom. The van der Waals surface area contributed by atoms with Gasteiger partial charge in [0.2, 0.25) is 5.95 Å². The molecule has 4 heterocycles. The van der Waals surface area contributed by atoms with E-state index in [1.807, 2.05) is 60.7 Å². The Bertz CT molecular complexity index is 3080. The van der Waals surface area contributed by atoms with Crippen molar-refractivity contribution in [2.45, 2.75) is 0 Å². The third kappa shape index (κ3) is 3.78. The molecule has 4 aromatic heterocycles. The lowest BCUT2D eigenvalue weighted by molar-refractivity contribution is 0.955. The summed E-state index contributed by atoms with van der Waals surface area (Å²) < 4.78 is 4.52. The minimum absolute atomic E-state index is 0.573. The second-order valence-electron chi connectivity index (χ2n) is 12.7. The van der Waals surface area contributed by atoms with E-state index in [0.29, 0.717) is 17.6 Å². The van der Waals surface area contributed by atoms with Crippen molar-refractivity contribution < 1.29 is 0 Å². The molecule has 0 radical (unpaired) electrons. The fourth-order valence-electron chi connectivity index (χ4n) is 7.74. The zero-order valence-corrected chi connectivity index (χ0v) is 26.7. The third-order valence-electron chi connectivity index (χ3n) is 9.94. The number of rotatable bonds is 3. The molecule has 6 nitrogen and oxygen atoms in total. The minimum Gasteiger partial charge on any atom is -0.292 e. The maximum atomic E-state index is 5.40. The Hall–Kier alpha value is -6.92. The van der Waals surface area contributed by atoms with E-state index in [2.05, 4.69) is 106 Å². The fraction of sp³-hybridized carbons (Fsp3) is 0. The molecule has 0 saturated heterocycles. The van der Waals surface area contributed by atoms with E-state index in [-0.39, 0.29) is 0 Å².